The van der Waals surface area contributed by atoms with E-state index in [9.17, 15) is 9.59 Å². The highest BCUT2D eigenvalue weighted by atomic mass is 35.5. The summed E-state index contributed by atoms with van der Waals surface area (Å²) in [5, 5.41) is 4.33. The molecule has 0 amide bonds. The molecule has 0 aliphatic heterocycles. The van der Waals surface area contributed by atoms with Crippen molar-refractivity contribution in [1.82, 2.24) is 0 Å². The normalized spacial score (nSPS) is 43.8. The maximum atomic E-state index is 12.9. The van der Waals surface area contributed by atoms with Crippen molar-refractivity contribution >= 4 is 29.9 Å². The molecule has 1 unspecified atom stereocenters. The van der Waals surface area contributed by atoms with Crippen molar-refractivity contribution in [3.8, 4) is 0 Å². The molecule has 0 heterocycles. The summed E-state index contributed by atoms with van der Waals surface area (Å²) in [5.41, 5.74) is 6.46. The number of fused-ring (bicyclic) bond motifs is 5. The SMILES string of the molecule is COC(=O)[C@H]1C[C@@H]2[C@H](CC[C@]3(C)C(=O)CC[C@@H]23)[C@@]2(C)CC/C(=N/OCCN)CC12.Cl. The Balaban J connectivity index is 0.00000256. The van der Waals surface area contributed by atoms with E-state index in [0.717, 1.165) is 50.7 Å². The zero-order valence-corrected chi connectivity index (χ0v) is 19.3. The first-order valence-corrected chi connectivity index (χ1v) is 11.3. The van der Waals surface area contributed by atoms with Crippen molar-refractivity contribution in [3.63, 3.8) is 0 Å². The zero-order valence-electron chi connectivity index (χ0n) is 18.5. The average molecular weight is 441 g/mol. The molecule has 4 fully saturated rings. The number of hydrogen-bond donors (Lipinski definition) is 1. The van der Waals surface area contributed by atoms with E-state index >= 15 is 0 Å². The third-order valence-corrected chi connectivity index (χ3v) is 9.17. The number of Topliss-reactive ketones (excluding diaryl/α,β-unsaturated/α-hetero) is 1. The van der Waals surface area contributed by atoms with Gasteiger partial charge in [0.25, 0.3) is 0 Å². The van der Waals surface area contributed by atoms with Crippen LogP contribution in [0.15, 0.2) is 5.16 Å². The van der Waals surface area contributed by atoms with Crippen molar-refractivity contribution in [2.75, 3.05) is 20.3 Å². The molecule has 0 spiro atoms. The van der Waals surface area contributed by atoms with E-state index < -0.39 is 0 Å². The summed E-state index contributed by atoms with van der Waals surface area (Å²) in [7, 11) is 1.50. The predicted molar refractivity (Wildman–Crippen MR) is 117 cm³/mol. The van der Waals surface area contributed by atoms with Gasteiger partial charge in [-0.15, -0.1) is 12.4 Å². The summed E-state index contributed by atoms with van der Waals surface area (Å²) < 4.78 is 5.26. The van der Waals surface area contributed by atoms with E-state index in [1.54, 1.807) is 0 Å². The topological polar surface area (TPSA) is 91.0 Å². The van der Waals surface area contributed by atoms with Crippen LogP contribution >= 0.6 is 12.4 Å². The average Bonchev–Trinajstić information content (AvgIpc) is 3.02. The van der Waals surface area contributed by atoms with E-state index in [0.29, 0.717) is 43.1 Å². The number of halogens is 1. The number of carbonyl (C=O) groups is 2. The lowest BCUT2D eigenvalue weighted by Crippen LogP contribution is -2.57. The van der Waals surface area contributed by atoms with Crippen LogP contribution in [-0.4, -0.2) is 37.7 Å². The highest BCUT2D eigenvalue weighted by Crippen LogP contribution is 2.66. The van der Waals surface area contributed by atoms with Crippen LogP contribution in [-0.2, 0) is 19.2 Å². The molecule has 0 aromatic heterocycles. The van der Waals surface area contributed by atoms with Crippen LogP contribution in [0.1, 0.15) is 65.2 Å². The molecular formula is C23H37ClN2O4. The van der Waals surface area contributed by atoms with Crippen molar-refractivity contribution in [3.05, 3.63) is 0 Å². The van der Waals surface area contributed by atoms with E-state index in [2.05, 4.69) is 19.0 Å². The predicted octanol–water partition coefficient (Wildman–Crippen LogP) is 3.75. The van der Waals surface area contributed by atoms with Gasteiger partial charge in [-0.25, -0.2) is 0 Å². The Hall–Kier alpha value is -1.14. The minimum Gasteiger partial charge on any atom is -0.469 e. The van der Waals surface area contributed by atoms with Gasteiger partial charge >= 0.3 is 5.97 Å². The standard InChI is InChI=1S/C23H36N2O4.ClH/c1-22-8-6-14(25-29-11-10-24)12-19(22)16(21(27)28-3)13-15-17-4-5-20(26)23(17,2)9-7-18(15)22;/h15-19H,4-13,24H2,1-3H3;1H/b25-14-;/t15-,16-,17-,18-,19?,22+,23-;/m0./s1. The van der Waals surface area contributed by atoms with E-state index in [1.165, 1.54) is 7.11 Å². The lowest BCUT2D eigenvalue weighted by Gasteiger charge is -2.61. The van der Waals surface area contributed by atoms with Crippen LogP contribution in [0.2, 0.25) is 0 Å². The van der Waals surface area contributed by atoms with Crippen LogP contribution < -0.4 is 5.73 Å². The Morgan fingerprint density at radius 1 is 1.17 bits per heavy atom. The van der Waals surface area contributed by atoms with Gasteiger partial charge in [0.1, 0.15) is 12.4 Å². The summed E-state index contributed by atoms with van der Waals surface area (Å²) >= 11 is 0. The Morgan fingerprint density at radius 3 is 2.63 bits per heavy atom. The summed E-state index contributed by atoms with van der Waals surface area (Å²) in [4.78, 5) is 30.9. The Kier molecular flexibility index (Phi) is 6.88. The van der Waals surface area contributed by atoms with Crippen LogP contribution in [0.3, 0.4) is 0 Å². The zero-order chi connectivity index (χ0) is 20.8. The first kappa shape index (κ1) is 23.5. The number of nitrogens with zero attached hydrogens (tertiary/aromatic N) is 1. The van der Waals surface area contributed by atoms with Gasteiger partial charge in [0.05, 0.1) is 18.7 Å². The van der Waals surface area contributed by atoms with Crippen LogP contribution in [0, 0.1) is 40.4 Å². The van der Waals surface area contributed by atoms with Crippen molar-refractivity contribution in [1.29, 1.82) is 0 Å². The van der Waals surface area contributed by atoms with Gasteiger partial charge in [-0.2, -0.15) is 0 Å². The van der Waals surface area contributed by atoms with Gasteiger partial charge in [0.15, 0.2) is 0 Å². The number of esters is 1. The third kappa shape index (κ3) is 3.58. The Bertz CT molecular complexity index is 713. The molecular weight excluding hydrogens is 404 g/mol. The largest absolute Gasteiger partial charge is 0.469 e. The van der Waals surface area contributed by atoms with Gasteiger partial charge in [-0.05, 0) is 74.0 Å². The summed E-state index contributed by atoms with van der Waals surface area (Å²) in [6.07, 6.45) is 7.38. The molecule has 7 heteroatoms. The molecule has 30 heavy (non-hydrogen) atoms. The fourth-order valence-electron chi connectivity index (χ4n) is 7.60. The van der Waals surface area contributed by atoms with Crippen LogP contribution in [0.25, 0.3) is 0 Å². The van der Waals surface area contributed by atoms with Crippen molar-refractivity contribution in [2.45, 2.75) is 65.2 Å². The number of hydrogen-bond acceptors (Lipinski definition) is 6. The lowest BCUT2D eigenvalue weighted by atomic mass is 9.43. The van der Waals surface area contributed by atoms with Gasteiger partial charge in [0, 0.05) is 18.4 Å². The highest BCUT2D eigenvalue weighted by molar-refractivity contribution is 5.88. The maximum absolute atomic E-state index is 12.9. The summed E-state index contributed by atoms with van der Waals surface area (Å²) in [6, 6.07) is 0. The van der Waals surface area contributed by atoms with Crippen molar-refractivity contribution < 1.29 is 19.2 Å². The molecule has 4 rings (SSSR count). The molecule has 7 atom stereocenters. The molecule has 4 saturated carbocycles. The van der Waals surface area contributed by atoms with Gasteiger partial charge in [-0.3, -0.25) is 9.59 Å². The monoisotopic (exact) mass is 440 g/mol. The minimum absolute atomic E-state index is 0. The fraction of sp³-hybridized carbons (Fsp3) is 0.870. The quantitative estimate of drug-likeness (QED) is 0.408. The first-order chi connectivity index (χ1) is 13.8. The molecule has 4 aliphatic rings. The number of ether oxygens (including phenoxy) is 1. The van der Waals surface area contributed by atoms with E-state index in [1.807, 2.05) is 0 Å². The molecule has 2 N–H and O–H groups in total. The smallest absolute Gasteiger partial charge is 0.308 e. The minimum atomic E-state index is -0.178. The van der Waals surface area contributed by atoms with Crippen LogP contribution in [0.5, 0.6) is 0 Å². The number of oxime groups is 1. The molecule has 170 valence electrons. The van der Waals surface area contributed by atoms with Gasteiger partial charge in [0.2, 0.25) is 0 Å². The molecule has 0 aromatic carbocycles. The number of ketones is 1. The molecule has 4 aliphatic carbocycles. The Labute approximate surface area is 186 Å². The van der Waals surface area contributed by atoms with Gasteiger partial charge < -0.3 is 15.3 Å². The summed E-state index contributed by atoms with van der Waals surface area (Å²) in [6.45, 7) is 5.45. The lowest BCUT2D eigenvalue weighted by molar-refractivity contribution is -0.167. The second-order valence-electron chi connectivity index (χ2n) is 10.3. The molecule has 0 saturated heterocycles. The first-order valence-electron chi connectivity index (χ1n) is 11.3. The Morgan fingerprint density at radius 2 is 1.93 bits per heavy atom. The second-order valence-corrected chi connectivity index (χ2v) is 10.3. The summed E-state index contributed by atoms with van der Waals surface area (Å²) in [5.74, 6) is 1.89. The molecule has 0 radical (unpaired) electrons. The maximum Gasteiger partial charge on any atom is 0.308 e. The van der Waals surface area contributed by atoms with Gasteiger partial charge in [-0.1, -0.05) is 19.0 Å². The molecule has 6 nitrogen and oxygen atoms in total. The number of rotatable bonds is 4. The van der Waals surface area contributed by atoms with E-state index in [4.69, 9.17) is 15.3 Å². The number of nitrogens with two attached hydrogens (primary N) is 1. The number of methoxy groups -OCH3 is 1. The second kappa shape index (κ2) is 8.78. The van der Waals surface area contributed by atoms with E-state index in [-0.39, 0.29) is 41.0 Å². The van der Waals surface area contributed by atoms with Crippen LogP contribution in [0.4, 0.5) is 0 Å². The highest BCUT2D eigenvalue weighted by Gasteiger charge is 2.63. The van der Waals surface area contributed by atoms with Crippen molar-refractivity contribution in [2.24, 2.45) is 51.3 Å². The molecule has 0 aromatic rings. The molecule has 0 bridgehead atoms. The fourth-order valence-corrected chi connectivity index (χ4v) is 7.60. The number of carbonyl (C=O) groups excluding carboxylic acids is 2. The third-order valence-electron chi connectivity index (χ3n) is 9.17.